The van der Waals surface area contributed by atoms with E-state index >= 15 is 0 Å². The van der Waals surface area contributed by atoms with Gasteiger partial charge in [0.25, 0.3) is 0 Å². The van der Waals surface area contributed by atoms with Crippen LogP contribution in [0.5, 0.6) is 0 Å². The quantitative estimate of drug-likeness (QED) is 0.715. The number of hydrogen-bond acceptors (Lipinski definition) is 4. The fourth-order valence-electron chi connectivity index (χ4n) is 3.74. The molecule has 2 aliphatic rings. The van der Waals surface area contributed by atoms with Crippen molar-refractivity contribution in [3.63, 3.8) is 0 Å². The van der Waals surface area contributed by atoms with Crippen LogP contribution in [0, 0.1) is 0 Å². The SMILES string of the molecule is COC(=O)CC1CN(C)CC(C)N1C1CCCC1. The summed E-state index contributed by atoms with van der Waals surface area (Å²) < 4.78 is 4.85. The second-order valence-corrected chi connectivity index (χ2v) is 5.89. The standard InChI is InChI=1S/C14H26N2O2/c1-11-9-15(2)10-13(8-14(17)18-3)16(11)12-6-4-5-7-12/h11-13H,4-10H2,1-3H3. The molecule has 2 rings (SSSR count). The summed E-state index contributed by atoms with van der Waals surface area (Å²) in [5.41, 5.74) is 0. The predicted molar refractivity (Wildman–Crippen MR) is 71.5 cm³/mol. The third-order valence-corrected chi connectivity index (χ3v) is 4.41. The Hall–Kier alpha value is -0.610. The summed E-state index contributed by atoms with van der Waals surface area (Å²) in [6, 6.07) is 1.55. The summed E-state index contributed by atoms with van der Waals surface area (Å²) in [4.78, 5) is 16.5. The topological polar surface area (TPSA) is 32.8 Å². The lowest BCUT2D eigenvalue weighted by atomic mass is 10.00. The van der Waals surface area contributed by atoms with Crippen LogP contribution in [0.15, 0.2) is 0 Å². The highest BCUT2D eigenvalue weighted by Gasteiger charge is 2.37. The Kier molecular flexibility index (Phi) is 4.62. The summed E-state index contributed by atoms with van der Waals surface area (Å²) >= 11 is 0. The molecule has 1 saturated carbocycles. The lowest BCUT2D eigenvalue weighted by Gasteiger charge is -2.47. The molecule has 0 N–H and O–H groups in total. The maximum atomic E-state index is 11.6. The van der Waals surface area contributed by atoms with Crippen LogP contribution in [0.1, 0.15) is 39.0 Å². The first-order valence-corrected chi connectivity index (χ1v) is 7.14. The number of likely N-dealkylation sites (N-methyl/N-ethyl adjacent to an activating group) is 1. The molecule has 1 saturated heterocycles. The second-order valence-electron chi connectivity index (χ2n) is 5.89. The van der Waals surface area contributed by atoms with Crippen LogP contribution in [0.4, 0.5) is 0 Å². The zero-order valence-electron chi connectivity index (χ0n) is 11.9. The molecule has 0 aromatic carbocycles. The van der Waals surface area contributed by atoms with Crippen LogP contribution >= 0.6 is 0 Å². The van der Waals surface area contributed by atoms with Gasteiger partial charge in [-0.3, -0.25) is 9.69 Å². The summed E-state index contributed by atoms with van der Waals surface area (Å²) in [7, 11) is 3.63. The van der Waals surface area contributed by atoms with Gasteiger partial charge in [-0.2, -0.15) is 0 Å². The van der Waals surface area contributed by atoms with Gasteiger partial charge in [-0.25, -0.2) is 0 Å². The van der Waals surface area contributed by atoms with E-state index in [4.69, 9.17) is 4.74 Å². The number of ether oxygens (including phenoxy) is 1. The van der Waals surface area contributed by atoms with Gasteiger partial charge in [0.1, 0.15) is 0 Å². The molecule has 1 aliphatic heterocycles. The van der Waals surface area contributed by atoms with Crippen LogP contribution in [0.3, 0.4) is 0 Å². The fraction of sp³-hybridized carbons (Fsp3) is 0.929. The monoisotopic (exact) mass is 254 g/mol. The van der Waals surface area contributed by atoms with E-state index in [2.05, 4.69) is 23.8 Å². The molecular weight excluding hydrogens is 228 g/mol. The molecule has 4 nitrogen and oxygen atoms in total. The van der Waals surface area contributed by atoms with E-state index in [0.29, 0.717) is 24.5 Å². The van der Waals surface area contributed by atoms with Crippen LogP contribution in [-0.4, -0.2) is 61.1 Å². The zero-order chi connectivity index (χ0) is 13.1. The van der Waals surface area contributed by atoms with E-state index in [0.717, 1.165) is 13.1 Å². The van der Waals surface area contributed by atoms with Crippen molar-refractivity contribution in [2.75, 3.05) is 27.2 Å². The first-order chi connectivity index (χ1) is 8.61. The third kappa shape index (κ3) is 3.04. The highest BCUT2D eigenvalue weighted by molar-refractivity contribution is 5.70. The summed E-state index contributed by atoms with van der Waals surface area (Å²) in [6.07, 6.45) is 5.81. The smallest absolute Gasteiger partial charge is 0.307 e. The molecule has 0 bridgehead atoms. The molecule has 0 radical (unpaired) electrons. The maximum absolute atomic E-state index is 11.6. The van der Waals surface area contributed by atoms with Crippen molar-refractivity contribution in [1.29, 1.82) is 0 Å². The molecule has 0 aromatic rings. The van der Waals surface area contributed by atoms with Gasteiger partial charge in [0.2, 0.25) is 0 Å². The molecule has 2 fully saturated rings. The van der Waals surface area contributed by atoms with Gasteiger partial charge in [0, 0.05) is 31.2 Å². The Morgan fingerprint density at radius 3 is 2.56 bits per heavy atom. The molecule has 2 atom stereocenters. The molecule has 18 heavy (non-hydrogen) atoms. The van der Waals surface area contributed by atoms with E-state index in [1.165, 1.54) is 32.8 Å². The Morgan fingerprint density at radius 2 is 1.94 bits per heavy atom. The van der Waals surface area contributed by atoms with Crippen molar-refractivity contribution in [1.82, 2.24) is 9.80 Å². The molecule has 104 valence electrons. The molecule has 1 heterocycles. The van der Waals surface area contributed by atoms with Crippen LogP contribution in [0.2, 0.25) is 0 Å². The van der Waals surface area contributed by atoms with Crippen molar-refractivity contribution in [2.24, 2.45) is 0 Å². The molecule has 4 heteroatoms. The summed E-state index contributed by atoms with van der Waals surface area (Å²) in [6.45, 7) is 4.38. The maximum Gasteiger partial charge on any atom is 0.307 e. The van der Waals surface area contributed by atoms with Crippen LogP contribution < -0.4 is 0 Å². The summed E-state index contributed by atoms with van der Waals surface area (Å²) in [5, 5.41) is 0. The average molecular weight is 254 g/mol. The van der Waals surface area contributed by atoms with Crippen LogP contribution in [0.25, 0.3) is 0 Å². The highest BCUT2D eigenvalue weighted by atomic mass is 16.5. The van der Waals surface area contributed by atoms with Crippen molar-refractivity contribution in [3.05, 3.63) is 0 Å². The Morgan fingerprint density at radius 1 is 1.28 bits per heavy atom. The molecule has 0 aromatic heterocycles. The van der Waals surface area contributed by atoms with Gasteiger partial charge in [0.05, 0.1) is 13.5 Å². The van der Waals surface area contributed by atoms with Crippen molar-refractivity contribution >= 4 is 5.97 Å². The van der Waals surface area contributed by atoms with Crippen molar-refractivity contribution in [3.8, 4) is 0 Å². The number of carbonyl (C=O) groups excluding carboxylic acids is 1. The highest BCUT2D eigenvalue weighted by Crippen LogP contribution is 2.30. The van der Waals surface area contributed by atoms with Gasteiger partial charge >= 0.3 is 5.97 Å². The lowest BCUT2D eigenvalue weighted by Crippen LogP contribution is -2.60. The fourth-order valence-corrected chi connectivity index (χ4v) is 3.74. The zero-order valence-corrected chi connectivity index (χ0v) is 11.9. The van der Waals surface area contributed by atoms with Gasteiger partial charge in [-0.05, 0) is 26.8 Å². The normalized spacial score (nSPS) is 31.7. The van der Waals surface area contributed by atoms with Gasteiger partial charge in [0.15, 0.2) is 0 Å². The second kappa shape index (κ2) is 6.02. The van der Waals surface area contributed by atoms with E-state index in [1.807, 2.05) is 0 Å². The minimum atomic E-state index is -0.0782. The third-order valence-electron chi connectivity index (χ3n) is 4.41. The lowest BCUT2D eigenvalue weighted by molar-refractivity contribution is -0.143. The van der Waals surface area contributed by atoms with E-state index in [1.54, 1.807) is 0 Å². The summed E-state index contributed by atoms with van der Waals surface area (Å²) in [5.74, 6) is -0.0782. The molecular formula is C14H26N2O2. The van der Waals surface area contributed by atoms with Crippen molar-refractivity contribution < 1.29 is 9.53 Å². The first-order valence-electron chi connectivity index (χ1n) is 7.14. The van der Waals surface area contributed by atoms with Gasteiger partial charge in [-0.15, -0.1) is 0 Å². The molecule has 1 aliphatic carbocycles. The predicted octanol–water partition coefficient (Wildman–Crippen LogP) is 1.50. The number of hydrogen-bond donors (Lipinski definition) is 0. The number of piperazine rings is 1. The first kappa shape index (κ1) is 13.8. The van der Waals surface area contributed by atoms with Crippen molar-refractivity contribution in [2.45, 2.75) is 57.2 Å². The number of methoxy groups -OCH3 is 1. The van der Waals surface area contributed by atoms with Crippen LogP contribution in [-0.2, 0) is 9.53 Å². The van der Waals surface area contributed by atoms with E-state index in [9.17, 15) is 4.79 Å². The van der Waals surface area contributed by atoms with E-state index < -0.39 is 0 Å². The average Bonchev–Trinajstić information content (AvgIpc) is 2.81. The molecule has 0 amide bonds. The van der Waals surface area contributed by atoms with Gasteiger partial charge < -0.3 is 9.64 Å². The largest absolute Gasteiger partial charge is 0.469 e. The number of esters is 1. The van der Waals surface area contributed by atoms with E-state index in [-0.39, 0.29) is 5.97 Å². The minimum Gasteiger partial charge on any atom is -0.469 e. The Labute approximate surface area is 110 Å². The number of rotatable bonds is 3. The number of carbonyl (C=O) groups is 1. The Balaban J connectivity index is 2.06. The Bertz CT molecular complexity index is 290. The molecule has 0 spiro atoms. The number of nitrogens with zero attached hydrogens (tertiary/aromatic N) is 2. The van der Waals surface area contributed by atoms with Gasteiger partial charge in [-0.1, -0.05) is 12.8 Å². The minimum absolute atomic E-state index is 0.0782. The molecule has 2 unspecified atom stereocenters.